The fourth-order valence-corrected chi connectivity index (χ4v) is 2.41. The molecule has 0 atom stereocenters. The molecule has 4 heteroatoms. The van der Waals surface area contributed by atoms with Gasteiger partial charge in [0.15, 0.2) is 0 Å². The van der Waals surface area contributed by atoms with Crippen molar-refractivity contribution in [2.24, 2.45) is 7.05 Å². The van der Waals surface area contributed by atoms with Crippen LogP contribution < -0.4 is 0 Å². The molecule has 17 heavy (non-hydrogen) atoms. The molecule has 0 aliphatic heterocycles. The van der Waals surface area contributed by atoms with Crippen molar-refractivity contribution in [1.29, 1.82) is 0 Å². The van der Waals surface area contributed by atoms with Gasteiger partial charge in [-0.1, -0.05) is 11.6 Å². The van der Waals surface area contributed by atoms with Crippen LogP contribution in [0.2, 0.25) is 5.02 Å². The minimum atomic E-state index is -0.350. The molecule has 0 aliphatic rings. The number of methoxy groups -OCH3 is 1. The van der Waals surface area contributed by atoms with Gasteiger partial charge in [0.1, 0.15) is 5.69 Å². The lowest BCUT2D eigenvalue weighted by atomic mass is 10.1. The summed E-state index contributed by atoms with van der Waals surface area (Å²) >= 11 is 6.20. The average molecular weight is 252 g/mol. The summed E-state index contributed by atoms with van der Waals surface area (Å²) in [7, 11) is 3.22. The Morgan fingerprint density at radius 1 is 1.35 bits per heavy atom. The molecule has 0 fully saturated rings. The molecule has 1 heterocycles. The van der Waals surface area contributed by atoms with Crippen LogP contribution >= 0.6 is 11.6 Å². The van der Waals surface area contributed by atoms with Crippen molar-refractivity contribution in [1.82, 2.24) is 4.57 Å². The average Bonchev–Trinajstić information content (AvgIpc) is 2.64. The van der Waals surface area contributed by atoms with E-state index in [-0.39, 0.29) is 5.97 Å². The van der Waals surface area contributed by atoms with E-state index in [2.05, 4.69) is 0 Å². The standard InChI is InChI=1S/C13H14ClNO2/c1-7-5-10(14)9-6-11(13(16)17-4)15(3)12(9)8(7)2/h5-6H,1-4H3. The summed E-state index contributed by atoms with van der Waals surface area (Å²) in [5.41, 5.74) is 3.73. The van der Waals surface area contributed by atoms with Crippen LogP contribution in [0.3, 0.4) is 0 Å². The molecule has 0 amide bonds. The Hall–Kier alpha value is -1.48. The highest BCUT2D eigenvalue weighted by Crippen LogP contribution is 2.31. The Bertz CT molecular complexity index is 614. The first-order valence-corrected chi connectivity index (χ1v) is 5.68. The summed E-state index contributed by atoms with van der Waals surface area (Å²) in [6.45, 7) is 4.03. The number of aryl methyl sites for hydroxylation is 3. The van der Waals surface area contributed by atoms with Crippen LogP contribution in [0.25, 0.3) is 10.9 Å². The van der Waals surface area contributed by atoms with E-state index < -0.39 is 0 Å². The molecule has 0 saturated heterocycles. The number of hydrogen-bond acceptors (Lipinski definition) is 2. The van der Waals surface area contributed by atoms with Crippen LogP contribution in [-0.2, 0) is 11.8 Å². The quantitative estimate of drug-likeness (QED) is 0.729. The Morgan fingerprint density at radius 2 is 2.00 bits per heavy atom. The number of halogens is 1. The Labute approximate surface area is 105 Å². The van der Waals surface area contributed by atoms with E-state index in [4.69, 9.17) is 16.3 Å². The second-order valence-corrected chi connectivity index (χ2v) is 4.55. The first kappa shape index (κ1) is 12.0. The van der Waals surface area contributed by atoms with E-state index in [0.717, 1.165) is 22.0 Å². The number of hydrogen-bond donors (Lipinski definition) is 0. The number of fused-ring (bicyclic) bond motifs is 1. The van der Waals surface area contributed by atoms with Gasteiger partial charge in [0.05, 0.1) is 17.6 Å². The maximum absolute atomic E-state index is 11.6. The van der Waals surface area contributed by atoms with Gasteiger partial charge >= 0.3 is 5.97 Å². The maximum atomic E-state index is 11.6. The second-order valence-electron chi connectivity index (χ2n) is 4.14. The molecular formula is C13H14ClNO2. The molecule has 0 radical (unpaired) electrons. The van der Waals surface area contributed by atoms with Crippen LogP contribution in [0.1, 0.15) is 21.6 Å². The summed E-state index contributed by atoms with van der Waals surface area (Å²) in [5, 5.41) is 1.55. The first-order chi connectivity index (χ1) is 7.97. The van der Waals surface area contributed by atoms with E-state index >= 15 is 0 Å². The molecule has 1 aromatic heterocycles. The van der Waals surface area contributed by atoms with Gasteiger partial charge in [-0.25, -0.2) is 4.79 Å². The fourth-order valence-electron chi connectivity index (χ4n) is 2.10. The summed E-state index contributed by atoms with van der Waals surface area (Å²) < 4.78 is 6.58. The van der Waals surface area contributed by atoms with Crippen molar-refractivity contribution in [3.05, 3.63) is 34.0 Å². The molecule has 0 saturated carbocycles. The second kappa shape index (κ2) is 4.08. The summed E-state index contributed by atoms with van der Waals surface area (Å²) in [6.07, 6.45) is 0. The summed E-state index contributed by atoms with van der Waals surface area (Å²) in [5.74, 6) is -0.350. The van der Waals surface area contributed by atoms with Crippen molar-refractivity contribution < 1.29 is 9.53 Å². The molecule has 0 bridgehead atoms. The van der Waals surface area contributed by atoms with Gasteiger partial charge in [0, 0.05) is 12.4 Å². The van der Waals surface area contributed by atoms with E-state index in [0.29, 0.717) is 10.7 Å². The number of rotatable bonds is 1. The number of ether oxygens (including phenoxy) is 1. The van der Waals surface area contributed by atoms with Crippen molar-refractivity contribution in [3.63, 3.8) is 0 Å². The third-order valence-electron chi connectivity index (χ3n) is 3.17. The predicted molar refractivity (Wildman–Crippen MR) is 68.7 cm³/mol. The SMILES string of the molecule is COC(=O)c1cc2c(Cl)cc(C)c(C)c2n1C. The smallest absolute Gasteiger partial charge is 0.354 e. The van der Waals surface area contributed by atoms with Crippen LogP contribution in [-0.4, -0.2) is 17.6 Å². The first-order valence-electron chi connectivity index (χ1n) is 5.30. The highest BCUT2D eigenvalue weighted by Gasteiger charge is 2.17. The molecule has 0 aliphatic carbocycles. The van der Waals surface area contributed by atoms with Crippen molar-refractivity contribution in [2.75, 3.05) is 7.11 Å². The van der Waals surface area contributed by atoms with Crippen LogP contribution in [0.5, 0.6) is 0 Å². The molecular weight excluding hydrogens is 238 g/mol. The van der Waals surface area contributed by atoms with Gasteiger partial charge in [-0.15, -0.1) is 0 Å². The van der Waals surface area contributed by atoms with Crippen LogP contribution in [0, 0.1) is 13.8 Å². The molecule has 90 valence electrons. The number of aromatic nitrogens is 1. The Morgan fingerprint density at radius 3 is 2.59 bits per heavy atom. The van der Waals surface area contributed by atoms with E-state index in [1.165, 1.54) is 7.11 Å². The van der Waals surface area contributed by atoms with Crippen LogP contribution in [0.4, 0.5) is 0 Å². The molecule has 2 aromatic rings. The van der Waals surface area contributed by atoms with Gasteiger partial charge in [-0.05, 0) is 37.1 Å². The molecule has 0 unspecified atom stereocenters. The number of carbonyl (C=O) groups is 1. The minimum absolute atomic E-state index is 0.350. The molecule has 3 nitrogen and oxygen atoms in total. The zero-order valence-electron chi connectivity index (χ0n) is 10.3. The van der Waals surface area contributed by atoms with Crippen molar-refractivity contribution >= 4 is 28.5 Å². The fraction of sp³-hybridized carbons (Fsp3) is 0.308. The van der Waals surface area contributed by atoms with Gasteiger partial charge in [-0.2, -0.15) is 0 Å². The largest absolute Gasteiger partial charge is 0.464 e. The topological polar surface area (TPSA) is 31.2 Å². The normalized spacial score (nSPS) is 10.9. The Kier molecular flexibility index (Phi) is 2.87. The predicted octanol–water partition coefficient (Wildman–Crippen LogP) is 3.24. The lowest BCUT2D eigenvalue weighted by molar-refractivity contribution is 0.0590. The van der Waals surface area contributed by atoms with Gasteiger partial charge in [0.2, 0.25) is 0 Å². The lowest BCUT2D eigenvalue weighted by Crippen LogP contribution is -2.07. The zero-order valence-corrected chi connectivity index (χ0v) is 11.1. The maximum Gasteiger partial charge on any atom is 0.354 e. The molecule has 0 spiro atoms. The zero-order chi connectivity index (χ0) is 12.7. The van der Waals surface area contributed by atoms with Crippen molar-refractivity contribution in [3.8, 4) is 0 Å². The van der Waals surface area contributed by atoms with Gasteiger partial charge in [0.25, 0.3) is 0 Å². The third kappa shape index (κ3) is 1.71. The third-order valence-corrected chi connectivity index (χ3v) is 3.49. The highest BCUT2D eigenvalue weighted by atomic mass is 35.5. The summed E-state index contributed by atoms with van der Waals surface area (Å²) in [6, 6.07) is 3.69. The Balaban J connectivity index is 2.87. The number of nitrogens with zero attached hydrogens (tertiary/aromatic N) is 1. The minimum Gasteiger partial charge on any atom is -0.464 e. The number of esters is 1. The van der Waals surface area contributed by atoms with E-state index in [9.17, 15) is 4.79 Å². The lowest BCUT2D eigenvalue weighted by Gasteiger charge is -2.07. The van der Waals surface area contributed by atoms with Crippen molar-refractivity contribution in [2.45, 2.75) is 13.8 Å². The highest BCUT2D eigenvalue weighted by molar-refractivity contribution is 6.35. The number of benzene rings is 1. The van der Waals surface area contributed by atoms with E-state index in [1.54, 1.807) is 6.07 Å². The van der Waals surface area contributed by atoms with Gasteiger partial charge < -0.3 is 9.30 Å². The molecule has 0 N–H and O–H groups in total. The molecule has 1 aromatic carbocycles. The van der Waals surface area contributed by atoms with Gasteiger partial charge in [-0.3, -0.25) is 0 Å². The summed E-state index contributed by atoms with van der Waals surface area (Å²) in [4.78, 5) is 11.6. The number of carbonyl (C=O) groups excluding carboxylic acids is 1. The van der Waals surface area contributed by atoms with Crippen LogP contribution in [0.15, 0.2) is 12.1 Å². The molecule has 2 rings (SSSR count). The monoisotopic (exact) mass is 251 g/mol. The van der Waals surface area contributed by atoms with E-state index in [1.807, 2.05) is 31.5 Å².